The quantitative estimate of drug-likeness (QED) is 0.846. The van der Waals surface area contributed by atoms with E-state index in [1.807, 2.05) is 0 Å². The van der Waals surface area contributed by atoms with Crippen LogP contribution in [-0.4, -0.2) is 40.9 Å². The van der Waals surface area contributed by atoms with Gasteiger partial charge in [0.05, 0.1) is 12.7 Å². The smallest absolute Gasteiger partial charge is 0.0931 e. The Bertz CT molecular complexity index is 410. The Kier molecular flexibility index (Phi) is 4.87. The first kappa shape index (κ1) is 14.1. The fraction of sp³-hybridized carbons (Fsp3) is 0.538. The van der Waals surface area contributed by atoms with Crippen LogP contribution in [0.15, 0.2) is 18.2 Å². The van der Waals surface area contributed by atoms with E-state index in [0.29, 0.717) is 34.7 Å². The van der Waals surface area contributed by atoms with E-state index in [2.05, 4.69) is 4.90 Å². The number of aliphatic hydroxyl groups is 2. The van der Waals surface area contributed by atoms with Gasteiger partial charge < -0.3 is 10.2 Å². The Morgan fingerprint density at radius 3 is 2.61 bits per heavy atom. The van der Waals surface area contributed by atoms with Gasteiger partial charge in [-0.05, 0) is 25.0 Å². The van der Waals surface area contributed by atoms with Gasteiger partial charge in [0.2, 0.25) is 0 Å². The van der Waals surface area contributed by atoms with Crippen molar-refractivity contribution in [2.24, 2.45) is 0 Å². The lowest BCUT2D eigenvalue weighted by Gasteiger charge is -2.24. The van der Waals surface area contributed by atoms with E-state index in [0.717, 1.165) is 12.8 Å². The maximum absolute atomic E-state index is 10.2. The molecule has 0 heterocycles. The van der Waals surface area contributed by atoms with Crippen molar-refractivity contribution in [2.45, 2.75) is 25.0 Å². The molecule has 1 fully saturated rings. The third-order valence-electron chi connectivity index (χ3n) is 3.18. The molecular formula is C13H17Cl2NO2. The minimum Gasteiger partial charge on any atom is -0.395 e. The lowest BCUT2D eigenvalue weighted by molar-refractivity contribution is 0.0953. The molecule has 2 rings (SSSR count). The molecule has 0 radical (unpaired) electrons. The van der Waals surface area contributed by atoms with Gasteiger partial charge in [-0.1, -0.05) is 29.3 Å². The molecule has 1 aliphatic carbocycles. The van der Waals surface area contributed by atoms with Crippen molar-refractivity contribution in [1.29, 1.82) is 0 Å². The Morgan fingerprint density at radius 1 is 1.33 bits per heavy atom. The SMILES string of the molecule is OCCN(CC(O)c1ccc(Cl)cc1Cl)C1CC1. The summed E-state index contributed by atoms with van der Waals surface area (Å²) in [5.74, 6) is 0. The number of aliphatic hydroxyl groups excluding tert-OH is 2. The number of rotatable bonds is 6. The summed E-state index contributed by atoms with van der Waals surface area (Å²) >= 11 is 11.9. The van der Waals surface area contributed by atoms with Crippen LogP contribution in [0.3, 0.4) is 0 Å². The first-order chi connectivity index (χ1) is 8.61. The molecule has 0 spiro atoms. The average Bonchev–Trinajstić information content (AvgIpc) is 3.11. The van der Waals surface area contributed by atoms with Crippen molar-refractivity contribution in [3.8, 4) is 0 Å². The summed E-state index contributed by atoms with van der Waals surface area (Å²) in [7, 11) is 0. The van der Waals surface area contributed by atoms with E-state index in [9.17, 15) is 5.11 Å². The zero-order valence-corrected chi connectivity index (χ0v) is 11.5. The van der Waals surface area contributed by atoms with Crippen LogP contribution in [0, 0.1) is 0 Å². The third-order valence-corrected chi connectivity index (χ3v) is 3.74. The first-order valence-electron chi connectivity index (χ1n) is 6.09. The number of hydrogen-bond acceptors (Lipinski definition) is 3. The van der Waals surface area contributed by atoms with E-state index in [1.54, 1.807) is 18.2 Å². The second kappa shape index (κ2) is 6.22. The Balaban J connectivity index is 2.03. The van der Waals surface area contributed by atoms with Gasteiger partial charge in [-0.15, -0.1) is 0 Å². The van der Waals surface area contributed by atoms with Gasteiger partial charge in [0.25, 0.3) is 0 Å². The minimum atomic E-state index is -0.651. The largest absolute Gasteiger partial charge is 0.395 e. The number of nitrogens with zero attached hydrogens (tertiary/aromatic N) is 1. The predicted molar refractivity (Wildman–Crippen MR) is 73.1 cm³/mol. The van der Waals surface area contributed by atoms with Crippen LogP contribution in [0.4, 0.5) is 0 Å². The van der Waals surface area contributed by atoms with Gasteiger partial charge in [-0.2, -0.15) is 0 Å². The Labute approximate surface area is 117 Å². The molecule has 100 valence electrons. The Morgan fingerprint density at radius 2 is 2.06 bits per heavy atom. The lowest BCUT2D eigenvalue weighted by atomic mass is 10.1. The van der Waals surface area contributed by atoms with Crippen molar-refractivity contribution in [3.63, 3.8) is 0 Å². The van der Waals surface area contributed by atoms with Crippen LogP contribution >= 0.6 is 23.2 Å². The van der Waals surface area contributed by atoms with Crippen LogP contribution in [-0.2, 0) is 0 Å². The topological polar surface area (TPSA) is 43.7 Å². The average molecular weight is 290 g/mol. The molecule has 1 saturated carbocycles. The fourth-order valence-corrected chi connectivity index (χ4v) is 2.62. The summed E-state index contributed by atoms with van der Waals surface area (Å²) in [6.45, 7) is 1.19. The van der Waals surface area contributed by atoms with Crippen LogP contribution in [0.1, 0.15) is 24.5 Å². The minimum absolute atomic E-state index is 0.109. The van der Waals surface area contributed by atoms with Crippen LogP contribution in [0.5, 0.6) is 0 Å². The molecule has 0 aliphatic heterocycles. The standard InChI is InChI=1S/C13H17Cl2NO2/c14-9-1-4-11(12(15)7-9)13(18)8-16(5-6-17)10-2-3-10/h1,4,7,10,13,17-18H,2-3,5-6,8H2. The van der Waals surface area contributed by atoms with Gasteiger partial charge >= 0.3 is 0 Å². The monoisotopic (exact) mass is 289 g/mol. The molecule has 0 saturated heterocycles. The van der Waals surface area contributed by atoms with E-state index < -0.39 is 6.10 Å². The highest BCUT2D eigenvalue weighted by Gasteiger charge is 2.30. The van der Waals surface area contributed by atoms with E-state index >= 15 is 0 Å². The molecule has 5 heteroatoms. The van der Waals surface area contributed by atoms with Gasteiger partial charge in [0.15, 0.2) is 0 Å². The molecule has 1 aromatic carbocycles. The molecule has 3 nitrogen and oxygen atoms in total. The zero-order chi connectivity index (χ0) is 13.1. The molecule has 0 bridgehead atoms. The molecule has 0 amide bonds. The molecule has 0 aromatic heterocycles. The highest BCUT2D eigenvalue weighted by molar-refractivity contribution is 6.35. The molecule has 18 heavy (non-hydrogen) atoms. The number of halogens is 2. The van der Waals surface area contributed by atoms with Crippen molar-refractivity contribution in [3.05, 3.63) is 33.8 Å². The zero-order valence-electron chi connectivity index (χ0n) is 10.0. The lowest BCUT2D eigenvalue weighted by Crippen LogP contribution is -2.33. The van der Waals surface area contributed by atoms with E-state index in [1.165, 1.54) is 0 Å². The summed E-state index contributed by atoms with van der Waals surface area (Å²) in [6.07, 6.45) is 1.63. The summed E-state index contributed by atoms with van der Waals surface area (Å²) in [4.78, 5) is 2.11. The van der Waals surface area contributed by atoms with Crippen molar-refractivity contribution in [1.82, 2.24) is 4.90 Å². The molecule has 1 atom stereocenters. The summed E-state index contributed by atoms with van der Waals surface area (Å²) < 4.78 is 0. The van der Waals surface area contributed by atoms with E-state index in [-0.39, 0.29) is 6.61 Å². The van der Waals surface area contributed by atoms with Crippen LogP contribution < -0.4 is 0 Å². The second-order valence-corrected chi connectivity index (χ2v) is 5.47. The molecule has 1 aliphatic rings. The Hall–Kier alpha value is -0.320. The summed E-state index contributed by atoms with van der Waals surface area (Å²) in [6, 6.07) is 5.60. The van der Waals surface area contributed by atoms with Gasteiger partial charge in [0.1, 0.15) is 0 Å². The van der Waals surface area contributed by atoms with Crippen molar-refractivity contribution < 1.29 is 10.2 Å². The predicted octanol–water partition coefficient (Wildman–Crippen LogP) is 2.48. The first-order valence-corrected chi connectivity index (χ1v) is 6.85. The third kappa shape index (κ3) is 3.59. The number of hydrogen-bond donors (Lipinski definition) is 2. The maximum Gasteiger partial charge on any atom is 0.0931 e. The van der Waals surface area contributed by atoms with Gasteiger partial charge in [-0.3, -0.25) is 4.90 Å². The second-order valence-electron chi connectivity index (χ2n) is 4.63. The van der Waals surface area contributed by atoms with Gasteiger partial charge in [0, 0.05) is 34.7 Å². The maximum atomic E-state index is 10.2. The summed E-state index contributed by atoms with van der Waals surface area (Å²) in [5, 5.41) is 20.3. The van der Waals surface area contributed by atoms with Crippen LogP contribution in [0.2, 0.25) is 10.0 Å². The molecule has 1 unspecified atom stereocenters. The molecule has 2 N–H and O–H groups in total. The van der Waals surface area contributed by atoms with Gasteiger partial charge in [-0.25, -0.2) is 0 Å². The number of benzene rings is 1. The van der Waals surface area contributed by atoms with Crippen LogP contribution in [0.25, 0.3) is 0 Å². The van der Waals surface area contributed by atoms with Crippen molar-refractivity contribution in [2.75, 3.05) is 19.7 Å². The van der Waals surface area contributed by atoms with E-state index in [4.69, 9.17) is 28.3 Å². The highest BCUT2D eigenvalue weighted by Crippen LogP contribution is 2.31. The molecular weight excluding hydrogens is 273 g/mol. The molecule has 1 aromatic rings. The fourth-order valence-electron chi connectivity index (χ4n) is 2.08. The highest BCUT2D eigenvalue weighted by atomic mass is 35.5. The summed E-state index contributed by atoms with van der Waals surface area (Å²) in [5.41, 5.74) is 0.685. The van der Waals surface area contributed by atoms with Crippen molar-refractivity contribution >= 4 is 23.2 Å². The normalized spacial score (nSPS) is 17.2.